The fourth-order valence-corrected chi connectivity index (χ4v) is 7.56. The van der Waals surface area contributed by atoms with Gasteiger partial charge < -0.3 is 5.11 Å². The van der Waals surface area contributed by atoms with Crippen LogP contribution < -0.4 is 4.90 Å². The van der Waals surface area contributed by atoms with Gasteiger partial charge in [0.15, 0.2) is 33.0 Å². The summed E-state index contributed by atoms with van der Waals surface area (Å²) in [6.45, 7) is 0. The van der Waals surface area contributed by atoms with Crippen LogP contribution in [-0.4, -0.2) is 48.8 Å². The predicted octanol–water partition coefficient (Wildman–Crippen LogP) is 4.04. The summed E-state index contributed by atoms with van der Waals surface area (Å²) in [4.78, 5) is 47.7. The number of alkyl halides is 2. The second kappa shape index (κ2) is 8.73. The third kappa shape index (κ3) is 3.25. The molecular formula is C26H15Cl2F5N2O6. The van der Waals surface area contributed by atoms with Gasteiger partial charge in [0.1, 0.15) is 11.4 Å². The van der Waals surface area contributed by atoms with Crippen LogP contribution in [0.5, 0.6) is 5.75 Å². The van der Waals surface area contributed by atoms with E-state index < -0.39 is 98.2 Å². The molecule has 0 spiro atoms. The number of hydrogen-bond donors (Lipinski definition) is 2. The number of rotatable bonds is 2. The topological polar surface area (TPSA) is 115 Å². The smallest absolute Gasteiger partial charge is 0.258 e. The van der Waals surface area contributed by atoms with Crippen molar-refractivity contribution in [1.29, 1.82) is 0 Å². The van der Waals surface area contributed by atoms with Gasteiger partial charge in [-0.1, -0.05) is 23.8 Å². The molecule has 0 radical (unpaired) electrons. The van der Waals surface area contributed by atoms with E-state index in [0.29, 0.717) is 0 Å². The van der Waals surface area contributed by atoms with Gasteiger partial charge in [0.2, 0.25) is 5.82 Å². The van der Waals surface area contributed by atoms with Crippen molar-refractivity contribution in [3.63, 3.8) is 0 Å². The highest BCUT2D eigenvalue weighted by Gasteiger charge is 2.77. The number of amides is 4. The van der Waals surface area contributed by atoms with Gasteiger partial charge in [-0.15, -0.1) is 23.2 Å². The molecular weight excluding hydrogens is 602 g/mol. The summed E-state index contributed by atoms with van der Waals surface area (Å²) in [7, 11) is 0. The lowest BCUT2D eigenvalue weighted by Gasteiger charge is -2.50. The Labute approximate surface area is 236 Å². The maximum Gasteiger partial charge on any atom is 0.258 e. The fourth-order valence-electron chi connectivity index (χ4n) is 6.63. The SMILES string of the molecule is O=C1C2CC=C3C(CC4(Cl)C(=O)N(c5c(F)c(F)c(F)c(F)c5F)C(=O)C4(Cl)C3c3cccc(O)c3)C2C(=O)N1O. The molecule has 1 saturated carbocycles. The second-order valence-corrected chi connectivity index (χ2v) is 11.5. The average Bonchev–Trinajstić information content (AvgIpc) is 3.24. The minimum absolute atomic E-state index is 0.0532. The normalized spacial score (nSPS) is 32.7. The van der Waals surface area contributed by atoms with E-state index in [0.717, 1.165) is 6.07 Å². The summed E-state index contributed by atoms with van der Waals surface area (Å²) < 4.78 is 71.9. The number of carbonyl (C=O) groups excluding carboxylic acids is 4. The van der Waals surface area contributed by atoms with Gasteiger partial charge in [0.05, 0.1) is 11.8 Å². The Hall–Kier alpha value is -3.55. The molecule has 4 amide bonds. The first-order valence-corrected chi connectivity index (χ1v) is 12.8. The third-order valence-electron chi connectivity index (χ3n) is 8.40. The molecule has 0 bridgehead atoms. The molecule has 2 aromatic rings. The number of carbonyl (C=O) groups is 4. The number of imide groups is 2. The van der Waals surface area contributed by atoms with Crippen molar-refractivity contribution in [2.75, 3.05) is 4.90 Å². The Bertz CT molecular complexity index is 1630. The molecule has 6 atom stereocenters. The monoisotopic (exact) mass is 616 g/mol. The summed E-state index contributed by atoms with van der Waals surface area (Å²) in [5.74, 6) is -22.9. The van der Waals surface area contributed by atoms with E-state index in [1.165, 1.54) is 24.3 Å². The molecule has 6 unspecified atom stereocenters. The van der Waals surface area contributed by atoms with Crippen molar-refractivity contribution in [3.05, 3.63) is 70.6 Å². The van der Waals surface area contributed by atoms with E-state index in [1.807, 2.05) is 0 Å². The van der Waals surface area contributed by atoms with Crippen molar-refractivity contribution in [1.82, 2.24) is 5.06 Å². The number of allylic oxidation sites excluding steroid dienone is 2. The van der Waals surface area contributed by atoms with Crippen LogP contribution in [0.1, 0.15) is 24.3 Å². The van der Waals surface area contributed by atoms with E-state index in [4.69, 9.17) is 23.2 Å². The van der Waals surface area contributed by atoms with Crippen LogP contribution in [0.2, 0.25) is 0 Å². The number of benzene rings is 2. The summed E-state index contributed by atoms with van der Waals surface area (Å²) in [6, 6.07) is 5.13. The lowest BCUT2D eigenvalue weighted by molar-refractivity contribution is -0.173. The molecule has 0 aromatic heterocycles. The molecule has 6 rings (SSSR count). The maximum absolute atomic E-state index is 14.9. The van der Waals surface area contributed by atoms with Gasteiger partial charge in [0.25, 0.3) is 23.6 Å². The number of hydrogen-bond acceptors (Lipinski definition) is 6. The Balaban J connectivity index is 1.61. The summed E-state index contributed by atoms with van der Waals surface area (Å²) in [5.41, 5.74) is -1.64. The zero-order chi connectivity index (χ0) is 29.9. The molecule has 15 heteroatoms. The highest BCUT2D eigenvalue weighted by atomic mass is 35.5. The largest absolute Gasteiger partial charge is 0.508 e. The zero-order valence-electron chi connectivity index (χ0n) is 20.2. The highest BCUT2D eigenvalue weighted by Crippen LogP contribution is 2.66. The van der Waals surface area contributed by atoms with E-state index >= 15 is 0 Å². The van der Waals surface area contributed by atoms with Crippen molar-refractivity contribution in [2.45, 2.75) is 28.5 Å². The Morgan fingerprint density at radius 1 is 0.854 bits per heavy atom. The van der Waals surface area contributed by atoms with E-state index in [9.17, 15) is 51.4 Å². The molecule has 2 aromatic carbocycles. The van der Waals surface area contributed by atoms with Gasteiger partial charge in [-0.3, -0.25) is 24.4 Å². The minimum Gasteiger partial charge on any atom is -0.508 e. The number of aromatic hydroxyl groups is 1. The van der Waals surface area contributed by atoms with Crippen LogP contribution in [0, 0.1) is 46.8 Å². The Morgan fingerprint density at radius 3 is 2.07 bits per heavy atom. The zero-order valence-corrected chi connectivity index (χ0v) is 21.7. The van der Waals surface area contributed by atoms with Crippen LogP contribution in [0.25, 0.3) is 0 Å². The lowest BCUT2D eigenvalue weighted by atomic mass is 9.56. The number of hydroxylamine groups is 2. The van der Waals surface area contributed by atoms with Gasteiger partial charge in [-0.2, -0.15) is 5.06 Å². The molecule has 4 aliphatic rings. The van der Waals surface area contributed by atoms with E-state index in [1.54, 1.807) is 0 Å². The molecule has 2 N–H and O–H groups in total. The lowest BCUT2D eigenvalue weighted by Crippen LogP contribution is -2.60. The first-order valence-electron chi connectivity index (χ1n) is 12.0. The third-order valence-corrected chi connectivity index (χ3v) is 9.81. The van der Waals surface area contributed by atoms with Crippen LogP contribution in [-0.2, 0) is 19.2 Å². The van der Waals surface area contributed by atoms with Crippen LogP contribution in [0.3, 0.4) is 0 Å². The van der Waals surface area contributed by atoms with Crippen molar-refractivity contribution >= 4 is 52.5 Å². The molecule has 2 aliphatic heterocycles. The summed E-state index contributed by atoms with van der Waals surface area (Å²) in [6.07, 6.45) is 0.660. The summed E-state index contributed by atoms with van der Waals surface area (Å²) in [5, 5.41) is 20.1. The molecule has 2 heterocycles. The summed E-state index contributed by atoms with van der Waals surface area (Å²) >= 11 is 13.8. The van der Waals surface area contributed by atoms with E-state index in [2.05, 4.69) is 0 Å². The first kappa shape index (κ1) is 27.6. The molecule has 41 heavy (non-hydrogen) atoms. The number of halogens is 7. The number of fused-ring (bicyclic) bond motifs is 4. The van der Waals surface area contributed by atoms with Crippen LogP contribution in [0.4, 0.5) is 27.6 Å². The number of phenols is 1. The fraction of sp³-hybridized carbons (Fsp3) is 0.308. The molecule has 2 saturated heterocycles. The van der Waals surface area contributed by atoms with Crippen molar-refractivity contribution in [2.24, 2.45) is 17.8 Å². The van der Waals surface area contributed by atoms with Crippen LogP contribution in [0.15, 0.2) is 35.9 Å². The second-order valence-electron chi connectivity index (χ2n) is 10.3. The molecule has 2 aliphatic carbocycles. The Morgan fingerprint density at radius 2 is 1.46 bits per heavy atom. The van der Waals surface area contributed by atoms with Crippen molar-refractivity contribution in [3.8, 4) is 5.75 Å². The number of anilines is 1. The predicted molar refractivity (Wildman–Crippen MR) is 128 cm³/mol. The molecule has 8 nitrogen and oxygen atoms in total. The highest BCUT2D eigenvalue weighted by molar-refractivity contribution is 6.58. The average molecular weight is 617 g/mol. The molecule has 3 fully saturated rings. The Kier molecular flexibility index (Phi) is 5.88. The quantitative estimate of drug-likeness (QED) is 0.100. The molecule has 214 valence electrons. The minimum atomic E-state index is -2.68. The maximum atomic E-state index is 14.9. The number of nitrogens with zero attached hydrogens (tertiary/aromatic N) is 2. The first-order chi connectivity index (χ1) is 19.2. The number of phenolic OH excluding ortho intramolecular Hbond substituents is 1. The van der Waals surface area contributed by atoms with E-state index in [-0.39, 0.29) is 33.3 Å². The standard InChI is InChI=1S/C26H15Cl2F5N2O6/c27-25-7-12-10(4-5-11-13(12)22(38)35(41)21(11)37)14(8-2-1-3-9(36)6-8)26(25,28)24(40)34(23(25)39)20-18(32)16(30)15(29)17(31)19(20)33/h1-4,6,11-14,36,41H,5,7H2. The van der Waals surface area contributed by atoms with Gasteiger partial charge in [-0.05, 0) is 36.5 Å². The van der Waals surface area contributed by atoms with Gasteiger partial charge in [0, 0.05) is 5.92 Å². The van der Waals surface area contributed by atoms with Crippen LogP contribution >= 0.6 is 23.2 Å². The van der Waals surface area contributed by atoms with Gasteiger partial charge in [-0.25, -0.2) is 26.9 Å². The van der Waals surface area contributed by atoms with Crippen molar-refractivity contribution < 1.29 is 51.4 Å². The van der Waals surface area contributed by atoms with Gasteiger partial charge >= 0.3 is 0 Å².